The standard InChI is InChI=1S/C19H24FN3OS/c1-4-22(5-2)18(24)16-12(3)23(15-10-11-15)19(25)21-17(16)13-6-8-14(20)9-7-13/h6-9,15,17H,4-5,10-11H2,1-3H3,(H,21,25). The summed E-state index contributed by atoms with van der Waals surface area (Å²) >= 11 is 5.57. The highest BCUT2D eigenvalue weighted by Gasteiger charge is 2.40. The Morgan fingerprint density at radius 3 is 2.40 bits per heavy atom. The van der Waals surface area contributed by atoms with Gasteiger partial charge in [-0.1, -0.05) is 12.1 Å². The number of amides is 1. The maximum Gasteiger partial charge on any atom is 0.253 e. The van der Waals surface area contributed by atoms with Crippen LogP contribution in [0.1, 0.15) is 45.2 Å². The number of carbonyl (C=O) groups is 1. The van der Waals surface area contributed by atoms with Crippen LogP contribution in [0.15, 0.2) is 35.5 Å². The van der Waals surface area contributed by atoms with Crippen LogP contribution in [0.5, 0.6) is 0 Å². The molecule has 0 spiro atoms. The second-order valence-corrected chi connectivity index (χ2v) is 6.90. The van der Waals surface area contributed by atoms with E-state index in [-0.39, 0.29) is 17.8 Å². The van der Waals surface area contributed by atoms with Crippen molar-refractivity contribution in [3.63, 3.8) is 0 Å². The quantitative estimate of drug-likeness (QED) is 0.816. The van der Waals surface area contributed by atoms with E-state index in [4.69, 9.17) is 12.2 Å². The lowest BCUT2D eigenvalue weighted by molar-refractivity contribution is -0.127. The molecule has 1 unspecified atom stereocenters. The highest BCUT2D eigenvalue weighted by atomic mass is 32.1. The number of benzene rings is 1. The van der Waals surface area contributed by atoms with Crippen LogP contribution in [0.4, 0.5) is 4.39 Å². The predicted molar refractivity (Wildman–Crippen MR) is 100 cm³/mol. The van der Waals surface area contributed by atoms with Gasteiger partial charge in [-0.2, -0.15) is 0 Å². The van der Waals surface area contributed by atoms with Gasteiger partial charge >= 0.3 is 0 Å². The van der Waals surface area contributed by atoms with Crippen molar-refractivity contribution in [2.24, 2.45) is 0 Å². The molecule has 1 aromatic rings. The van der Waals surface area contributed by atoms with Crippen LogP contribution in [0.2, 0.25) is 0 Å². The van der Waals surface area contributed by atoms with E-state index in [1.807, 2.05) is 25.7 Å². The summed E-state index contributed by atoms with van der Waals surface area (Å²) in [5.74, 6) is -0.281. The van der Waals surface area contributed by atoms with Gasteiger partial charge in [-0.05, 0) is 63.5 Å². The summed E-state index contributed by atoms with van der Waals surface area (Å²) < 4.78 is 13.3. The highest BCUT2D eigenvalue weighted by Crippen LogP contribution is 2.38. The average Bonchev–Trinajstić information content (AvgIpc) is 3.41. The van der Waals surface area contributed by atoms with Gasteiger partial charge in [-0.3, -0.25) is 4.79 Å². The first-order chi connectivity index (χ1) is 12.0. The van der Waals surface area contributed by atoms with Crippen molar-refractivity contribution in [1.29, 1.82) is 0 Å². The molecule has 3 rings (SSSR count). The third-order valence-corrected chi connectivity index (χ3v) is 5.24. The van der Waals surface area contributed by atoms with Crippen LogP contribution in [0.25, 0.3) is 0 Å². The van der Waals surface area contributed by atoms with Gasteiger partial charge in [0.2, 0.25) is 0 Å². The molecule has 6 heteroatoms. The fourth-order valence-corrected chi connectivity index (χ4v) is 3.80. The van der Waals surface area contributed by atoms with Gasteiger partial charge in [0.1, 0.15) is 5.82 Å². The van der Waals surface area contributed by atoms with E-state index in [1.165, 1.54) is 12.1 Å². The molecule has 0 aromatic heterocycles. The van der Waals surface area contributed by atoms with E-state index in [1.54, 1.807) is 12.1 Å². The Morgan fingerprint density at radius 2 is 1.88 bits per heavy atom. The Balaban J connectivity index is 2.07. The molecule has 1 heterocycles. The summed E-state index contributed by atoms with van der Waals surface area (Å²) in [6, 6.07) is 6.30. The van der Waals surface area contributed by atoms with Gasteiger partial charge in [0, 0.05) is 24.8 Å². The van der Waals surface area contributed by atoms with Crippen LogP contribution in [-0.2, 0) is 4.79 Å². The molecule has 1 saturated carbocycles. The number of hydrogen-bond donors (Lipinski definition) is 1. The average molecular weight is 361 g/mol. The lowest BCUT2D eigenvalue weighted by Gasteiger charge is -2.39. The van der Waals surface area contributed by atoms with Crippen molar-refractivity contribution >= 4 is 23.2 Å². The fourth-order valence-electron chi connectivity index (χ4n) is 3.39. The van der Waals surface area contributed by atoms with Crippen LogP contribution in [0.3, 0.4) is 0 Å². The second kappa shape index (κ2) is 7.12. The third-order valence-electron chi connectivity index (χ3n) is 4.92. The molecular formula is C19H24FN3OS. The molecule has 1 fully saturated rings. The minimum atomic E-state index is -0.351. The van der Waals surface area contributed by atoms with Crippen LogP contribution in [-0.4, -0.2) is 40.0 Å². The Labute approximate surface area is 153 Å². The van der Waals surface area contributed by atoms with Crippen molar-refractivity contribution in [1.82, 2.24) is 15.1 Å². The molecule has 1 aliphatic heterocycles. The molecule has 0 bridgehead atoms. The fraction of sp³-hybridized carbons (Fsp3) is 0.474. The number of rotatable bonds is 5. The molecule has 1 N–H and O–H groups in total. The van der Waals surface area contributed by atoms with E-state index in [2.05, 4.69) is 10.2 Å². The first-order valence-corrected chi connectivity index (χ1v) is 9.24. The molecule has 1 aromatic carbocycles. The molecule has 1 amide bonds. The lowest BCUT2D eigenvalue weighted by Crippen LogP contribution is -2.50. The lowest BCUT2D eigenvalue weighted by atomic mass is 9.93. The molecular weight excluding hydrogens is 337 g/mol. The Kier molecular flexibility index (Phi) is 5.08. The Hall–Kier alpha value is -1.95. The van der Waals surface area contributed by atoms with Crippen LogP contribution >= 0.6 is 12.2 Å². The van der Waals surface area contributed by atoms with Crippen LogP contribution < -0.4 is 5.32 Å². The van der Waals surface area contributed by atoms with Gasteiger partial charge in [-0.25, -0.2) is 4.39 Å². The van der Waals surface area contributed by atoms with Gasteiger partial charge < -0.3 is 15.1 Å². The molecule has 0 radical (unpaired) electrons. The van der Waals surface area contributed by atoms with Gasteiger partial charge in [0.15, 0.2) is 5.11 Å². The number of thiocarbonyl (C=S) groups is 1. The summed E-state index contributed by atoms with van der Waals surface area (Å²) in [5.41, 5.74) is 2.46. The number of nitrogens with one attached hydrogen (secondary N) is 1. The Bertz CT molecular complexity index is 708. The third kappa shape index (κ3) is 3.40. The number of allylic oxidation sites excluding steroid dienone is 1. The summed E-state index contributed by atoms with van der Waals surface area (Å²) in [6.45, 7) is 7.22. The highest BCUT2D eigenvalue weighted by molar-refractivity contribution is 7.80. The normalized spacial score (nSPS) is 20.6. The molecule has 25 heavy (non-hydrogen) atoms. The summed E-state index contributed by atoms with van der Waals surface area (Å²) in [4.78, 5) is 17.1. The largest absolute Gasteiger partial charge is 0.351 e. The first kappa shape index (κ1) is 17.9. The number of nitrogens with zero attached hydrogens (tertiary/aromatic N) is 2. The molecule has 1 aliphatic carbocycles. The van der Waals surface area contributed by atoms with Gasteiger partial charge in [0.25, 0.3) is 5.91 Å². The van der Waals surface area contributed by atoms with Crippen LogP contribution in [0, 0.1) is 5.82 Å². The van der Waals surface area contributed by atoms with Gasteiger partial charge in [-0.15, -0.1) is 0 Å². The second-order valence-electron chi connectivity index (χ2n) is 6.51. The first-order valence-electron chi connectivity index (χ1n) is 8.83. The number of hydrogen-bond acceptors (Lipinski definition) is 2. The van der Waals surface area contributed by atoms with Crippen molar-refractivity contribution in [2.75, 3.05) is 13.1 Å². The zero-order chi connectivity index (χ0) is 18.1. The van der Waals surface area contributed by atoms with E-state index in [9.17, 15) is 9.18 Å². The number of carbonyl (C=O) groups excluding carboxylic acids is 1. The molecule has 4 nitrogen and oxygen atoms in total. The maximum atomic E-state index is 13.3. The number of halogens is 1. The zero-order valence-electron chi connectivity index (χ0n) is 14.9. The van der Waals surface area contributed by atoms with Crippen molar-refractivity contribution in [3.05, 3.63) is 46.9 Å². The minimum absolute atomic E-state index is 0.0116. The summed E-state index contributed by atoms with van der Waals surface area (Å²) in [5, 5.41) is 3.96. The molecule has 2 aliphatic rings. The number of likely N-dealkylation sites (N-methyl/N-ethyl adjacent to an activating group) is 1. The SMILES string of the molecule is CCN(CC)C(=O)C1=C(C)N(C2CC2)C(=S)NC1c1ccc(F)cc1. The topological polar surface area (TPSA) is 35.6 Å². The molecule has 0 saturated heterocycles. The van der Waals surface area contributed by atoms with Gasteiger partial charge in [0.05, 0.1) is 11.6 Å². The monoisotopic (exact) mass is 361 g/mol. The van der Waals surface area contributed by atoms with E-state index in [0.717, 1.165) is 24.1 Å². The zero-order valence-corrected chi connectivity index (χ0v) is 15.7. The predicted octanol–water partition coefficient (Wildman–Crippen LogP) is 3.36. The minimum Gasteiger partial charge on any atom is -0.351 e. The van der Waals surface area contributed by atoms with Crippen molar-refractivity contribution in [3.8, 4) is 0 Å². The van der Waals surface area contributed by atoms with E-state index in [0.29, 0.717) is 29.8 Å². The van der Waals surface area contributed by atoms with Crippen molar-refractivity contribution in [2.45, 2.75) is 45.7 Å². The van der Waals surface area contributed by atoms with E-state index < -0.39 is 0 Å². The smallest absolute Gasteiger partial charge is 0.253 e. The summed E-state index contributed by atoms with van der Waals surface area (Å²) in [7, 11) is 0. The molecule has 134 valence electrons. The molecule has 1 atom stereocenters. The van der Waals surface area contributed by atoms with E-state index >= 15 is 0 Å². The Morgan fingerprint density at radius 1 is 1.28 bits per heavy atom. The summed E-state index contributed by atoms with van der Waals surface area (Å²) in [6.07, 6.45) is 2.18. The maximum absolute atomic E-state index is 13.3. The van der Waals surface area contributed by atoms with Crippen molar-refractivity contribution < 1.29 is 9.18 Å².